The van der Waals surface area contributed by atoms with Gasteiger partial charge in [0.15, 0.2) is 11.5 Å². The minimum Gasteiger partial charge on any atom is -0.476 e. The van der Waals surface area contributed by atoms with Gasteiger partial charge < -0.3 is 9.84 Å². The molecule has 1 aromatic carbocycles. The first-order chi connectivity index (χ1) is 10.7. The van der Waals surface area contributed by atoms with Gasteiger partial charge in [-0.15, -0.1) is 0 Å². The SMILES string of the molecule is Cc1ccccc1-n1cnc(C(=O)O)c1NC(=O)OC(C)(C)C. The first-order valence-corrected chi connectivity index (χ1v) is 7.05. The van der Waals surface area contributed by atoms with Crippen LogP contribution in [0.4, 0.5) is 10.6 Å². The lowest BCUT2D eigenvalue weighted by Gasteiger charge is -2.20. The van der Waals surface area contributed by atoms with Crippen LogP contribution >= 0.6 is 0 Å². The van der Waals surface area contributed by atoms with E-state index in [2.05, 4.69) is 10.3 Å². The van der Waals surface area contributed by atoms with Gasteiger partial charge in [-0.1, -0.05) is 18.2 Å². The van der Waals surface area contributed by atoms with Crippen molar-refractivity contribution in [1.82, 2.24) is 9.55 Å². The van der Waals surface area contributed by atoms with Crippen LogP contribution in [0.5, 0.6) is 0 Å². The van der Waals surface area contributed by atoms with Gasteiger partial charge in [0.05, 0.1) is 5.69 Å². The van der Waals surface area contributed by atoms with Gasteiger partial charge in [-0.3, -0.25) is 9.88 Å². The Hall–Kier alpha value is -2.83. The molecule has 2 rings (SSSR count). The molecule has 7 heteroatoms. The molecule has 0 unspecified atom stereocenters. The highest BCUT2D eigenvalue weighted by molar-refractivity contribution is 5.96. The number of anilines is 1. The summed E-state index contributed by atoms with van der Waals surface area (Å²) in [6, 6.07) is 7.38. The van der Waals surface area contributed by atoms with Crippen molar-refractivity contribution in [2.24, 2.45) is 0 Å². The Labute approximate surface area is 133 Å². The number of hydrogen-bond acceptors (Lipinski definition) is 4. The van der Waals surface area contributed by atoms with Crippen molar-refractivity contribution >= 4 is 17.9 Å². The van der Waals surface area contributed by atoms with Crippen LogP contribution in [0.15, 0.2) is 30.6 Å². The minimum atomic E-state index is -1.23. The first kappa shape index (κ1) is 16.5. The van der Waals surface area contributed by atoms with Gasteiger partial charge in [-0.25, -0.2) is 14.6 Å². The minimum absolute atomic E-state index is 0.0565. The third kappa shape index (κ3) is 3.88. The van der Waals surface area contributed by atoms with Crippen LogP contribution in [0.3, 0.4) is 0 Å². The summed E-state index contributed by atoms with van der Waals surface area (Å²) < 4.78 is 6.70. The summed E-state index contributed by atoms with van der Waals surface area (Å²) in [6.07, 6.45) is 0.619. The van der Waals surface area contributed by atoms with Gasteiger partial charge in [-0.2, -0.15) is 0 Å². The van der Waals surface area contributed by atoms with E-state index in [-0.39, 0.29) is 11.5 Å². The van der Waals surface area contributed by atoms with Crippen LogP contribution < -0.4 is 5.32 Å². The summed E-state index contributed by atoms with van der Waals surface area (Å²) in [5.74, 6) is -1.18. The van der Waals surface area contributed by atoms with E-state index in [4.69, 9.17) is 4.74 Å². The van der Waals surface area contributed by atoms with Gasteiger partial charge in [0, 0.05) is 0 Å². The molecule has 1 heterocycles. The van der Waals surface area contributed by atoms with E-state index >= 15 is 0 Å². The first-order valence-electron chi connectivity index (χ1n) is 7.05. The second-order valence-electron chi connectivity index (χ2n) is 6.03. The molecule has 0 radical (unpaired) electrons. The number of rotatable bonds is 3. The standard InChI is InChI=1S/C16H19N3O4/c1-10-7-5-6-8-11(10)19-9-17-12(14(20)21)13(19)18-15(22)23-16(2,3)4/h5-9H,1-4H3,(H,18,22)(H,20,21). The molecule has 0 fully saturated rings. The van der Waals surface area contributed by atoms with Crippen molar-refractivity contribution in [2.45, 2.75) is 33.3 Å². The van der Waals surface area contributed by atoms with Gasteiger partial charge in [0.25, 0.3) is 0 Å². The zero-order valence-corrected chi connectivity index (χ0v) is 13.5. The van der Waals surface area contributed by atoms with E-state index in [9.17, 15) is 14.7 Å². The number of amides is 1. The van der Waals surface area contributed by atoms with E-state index < -0.39 is 17.7 Å². The lowest BCUT2D eigenvalue weighted by Crippen LogP contribution is -2.28. The fraction of sp³-hybridized carbons (Fsp3) is 0.312. The number of aryl methyl sites for hydroxylation is 1. The normalized spacial score (nSPS) is 11.1. The summed E-state index contributed by atoms with van der Waals surface area (Å²) in [6.45, 7) is 7.06. The number of carbonyl (C=O) groups excluding carboxylic acids is 1. The van der Waals surface area contributed by atoms with Crippen LogP contribution in [0.1, 0.15) is 36.8 Å². The predicted molar refractivity (Wildman–Crippen MR) is 85.1 cm³/mol. The summed E-state index contributed by atoms with van der Waals surface area (Å²) in [7, 11) is 0. The van der Waals surface area contributed by atoms with Crippen molar-refractivity contribution in [3.05, 3.63) is 41.9 Å². The fourth-order valence-corrected chi connectivity index (χ4v) is 2.04. The molecule has 0 aliphatic carbocycles. The van der Waals surface area contributed by atoms with Crippen molar-refractivity contribution < 1.29 is 19.4 Å². The number of aromatic nitrogens is 2. The third-order valence-electron chi connectivity index (χ3n) is 2.96. The largest absolute Gasteiger partial charge is 0.476 e. The molecule has 0 saturated carbocycles. The second kappa shape index (κ2) is 6.12. The van der Waals surface area contributed by atoms with Crippen LogP contribution in [0.25, 0.3) is 5.69 Å². The van der Waals surface area contributed by atoms with Crippen LogP contribution in [0.2, 0.25) is 0 Å². The maximum atomic E-state index is 12.0. The quantitative estimate of drug-likeness (QED) is 0.906. The third-order valence-corrected chi connectivity index (χ3v) is 2.96. The van der Waals surface area contributed by atoms with Crippen molar-refractivity contribution in [3.8, 4) is 5.69 Å². The van der Waals surface area contributed by atoms with Gasteiger partial charge >= 0.3 is 12.1 Å². The van der Waals surface area contributed by atoms with Crippen LogP contribution in [0, 0.1) is 6.92 Å². The van der Waals surface area contributed by atoms with Gasteiger partial charge in [-0.05, 0) is 39.3 Å². The van der Waals surface area contributed by atoms with Gasteiger partial charge in [0.2, 0.25) is 0 Å². The lowest BCUT2D eigenvalue weighted by molar-refractivity contribution is 0.0635. The molecule has 0 spiro atoms. The molecular formula is C16H19N3O4. The zero-order chi connectivity index (χ0) is 17.2. The van der Waals surface area contributed by atoms with E-state index in [1.807, 2.05) is 31.2 Å². The molecule has 0 saturated heterocycles. The Morgan fingerprint density at radius 1 is 1.26 bits per heavy atom. The number of nitrogens with one attached hydrogen (secondary N) is 1. The average molecular weight is 317 g/mol. The van der Waals surface area contributed by atoms with E-state index in [0.29, 0.717) is 0 Å². The highest BCUT2D eigenvalue weighted by Crippen LogP contribution is 2.23. The van der Waals surface area contributed by atoms with E-state index in [0.717, 1.165) is 11.3 Å². The lowest BCUT2D eigenvalue weighted by atomic mass is 10.2. The molecule has 122 valence electrons. The highest BCUT2D eigenvalue weighted by Gasteiger charge is 2.23. The second-order valence-corrected chi connectivity index (χ2v) is 6.03. The van der Waals surface area contributed by atoms with Crippen LogP contribution in [-0.4, -0.2) is 32.3 Å². The van der Waals surface area contributed by atoms with Crippen LogP contribution in [-0.2, 0) is 4.74 Å². The predicted octanol–water partition coefficient (Wildman–Crippen LogP) is 3.23. The zero-order valence-electron chi connectivity index (χ0n) is 13.5. The number of carboxylic acid groups (broad SMARTS) is 1. The fourth-order valence-electron chi connectivity index (χ4n) is 2.04. The number of benzene rings is 1. The molecule has 23 heavy (non-hydrogen) atoms. The Kier molecular flexibility index (Phi) is 4.40. The molecule has 0 aliphatic heterocycles. The molecule has 1 aromatic heterocycles. The van der Waals surface area contributed by atoms with Crippen molar-refractivity contribution in [3.63, 3.8) is 0 Å². The molecule has 0 aliphatic rings. The number of carbonyl (C=O) groups is 2. The maximum absolute atomic E-state index is 12.0. The van der Waals surface area contributed by atoms with Crippen molar-refractivity contribution in [2.75, 3.05) is 5.32 Å². The summed E-state index contributed by atoms with van der Waals surface area (Å²) in [5, 5.41) is 11.8. The number of imidazole rings is 1. The molecule has 1 amide bonds. The Morgan fingerprint density at radius 3 is 2.48 bits per heavy atom. The molecule has 0 bridgehead atoms. The number of hydrogen-bond donors (Lipinski definition) is 2. The average Bonchev–Trinajstić information content (AvgIpc) is 2.80. The maximum Gasteiger partial charge on any atom is 0.413 e. The molecule has 2 N–H and O–H groups in total. The topological polar surface area (TPSA) is 93.5 Å². The van der Waals surface area contributed by atoms with Crippen molar-refractivity contribution in [1.29, 1.82) is 0 Å². The number of aromatic carboxylic acids is 1. The smallest absolute Gasteiger partial charge is 0.413 e. The number of ether oxygens (including phenoxy) is 1. The van der Waals surface area contributed by atoms with Gasteiger partial charge in [0.1, 0.15) is 11.9 Å². The monoisotopic (exact) mass is 317 g/mol. The number of nitrogens with zero attached hydrogens (tertiary/aromatic N) is 2. The molecule has 7 nitrogen and oxygen atoms in total. The highest BCUT2D eigenvalue weighted by atomic mass is 16.6. The van der Waals surface area contributed by atoms with E-state index in [1.54, 1.807) is 20.8 Å². The van der Waals surface area contributed by atoms with E-state index in [1.165, 1.54) is 10.9 Å². The molecule has 2 aromatic rings. The molecular weight excluding hydrogens is 298 g/mol. The summed E-state index contributed by atoms with van der Waals surface area (Å²) >= 11 is 0. The number of carboxylic acids is 1. The summed E-state index contributed by atoms with van der Waals surface area (Å²) in [5.41, 5.74) is 0.688. The summed E-state index contributed by atoms with van der Waals surface area (Å²) in [4.78, 5) is 27.2. The molecule has 0 atom stereocenters. The Balaban J connectivity index is 2.44. The number of para-hydroxylation sites is 1. The Morgan fingerprint density at radius 2 is 1.91 bits per heavy atom. The Bertz CT molecular complexity index is 744.